The number of nitrogens with zero attached hydrogens (tertiary/aromatic N) is 12. The molecule has 12 aromatic carbocycles. The van der Waals surface area contributed by atoms with E-state index in [0.717, 1.165) is 101 Å². The van der Waals surface area contributed by atoms with E-state index < -0.39 is 20.6 Å². The van der Waals surface area contributed by atoms with Crippen molar-refractivity contribution in [2.24, 2.45) is 4.99 Å². The van der Waals surface area contributed by atoms with Gasteiger partial charge in [0.2, 0.25) is 23.7 Å². The van der Waals surface area contributed by atoms with E-state index in [1.54, 1.807) is 79.7 Å². The van der Waals surface area contributed by atoms with Gasteiger partial charge >= 0.3 is 35.6 Å². The number of hydrogen-bond donors (Lipinski definition) is 4. The van der Waals surface area contributed by atoms with Gasteiger partial charge in [-0.15, -0.1) is 0 Å². The van der Waals surface area contributed by atoms with Crippen LogP contribution >= 0.6 is 0 Å². The fraction of sp³-hybridized carbons (Fsp3) is 0.245. The first-order chi connectivity index (χ1) is 63.9. The maximum absolute atomic E-state index is 13.2. The molecule has 28 nitrogen and oxygen atoms in total. The Balaban J connectivity index is 0.000000227. The molecule has 2 amide bonds. The summed E-state index contributed by atoms with van der Waals surface area (Å²) in [6, 6.07) is 70.8. The van der Waals surface area contributed by atoms with Crippen LogP contribution in [0.2, 0.25) is 0 Å². The third-order valence-electron chi connectivity index (χ3n) is 21.0. The van der Waals surface area contributed by atoms with Crippen LogP contribution in [0.5, 0.6) is 40.8 Å². The van der Waals surface area contributed by atoms with Gasteiger partial charge in [-0.1, -0.05) is 224 Å². The standard InChI is InChI=1S/C30H34N4O2.C18H17N3O3.C18H19N3O.C12H15NO.C10H6FNO2.C10H8N2O2.C8H12N2O.FH.Na.H2/c1-18(2)28-31-20(4)16-27(34-28)36-26-15-14-24(22-10-8-9-11-23(22)26)32-29(35)33-25-17-21(30(5,6)7)13-12-19(25)3;1-11(2)18-19-12(3)10-17(20-18)24-16-9-8-15(21(22)23)13-6-4-5-7-14(13)16;1-11(2)18-20-12(3)10-17(21-18)22-16-9-8-15(19)13-6-4-5-7-14(13)16;1-9-5-6-10(12(2,3)4)7-11(9)13-8-14;2*11-9-5-6-10(12(13)14)8-4-2-1-3-7(8)9;1-5(2)8-9-6(3)4-7(11)10-8;;;/h8-18H,1-7H3,(H2,32,33,35);4-11H,1-3H3;4-11H,19H2,1-3H3;5-7H,1-4H3;1-6H;1-6H,11H2;4-5H,1-3H3,(H,9,10,11);1H;;1H/q;;;;;;;;+1;/p-1/i;;;;;;;;;1+2. The van der Waals surface area contributed by atoms with Gasteiger partial charge in [-0.05, 0) is 159 Å². The molecule has 0 fully saturated rings. The minimum Gasteiger partial charge on any atom is -0.859 e. The molecular formula is C106H113F2N16NaO12. The summed E-state index contributed by atoms with van der Waals surface area (Å²) in [5.41, 5.74) is 23.1. The summed E-state index contributed by atoms with van der Waals surface area (Å²) in [6.45, 7) is 40.6. The molecule has 4 heterocycles. The minimum atomic E-state index is -0.512. The number of carbonyl (C=O) groups excluding carboxylic acids is 2. The van der Waals surface area contributed by atoms with Gasteiger partial charge < -0.3 is 41.4 Å². The van der Waals surface area contributed by atoms with E-state index in [4.69, 9.17) is 25.7 Å². The van der Waals surface area contributed by atoms with E-state index in [2.05, 4.69) is 137 Å². The molecule has 0 radical (unpaired) electrons. The van der Waals surface area contributed by atoms with E-state index in [1.807, 2.05) is 184 Å². The number of ether oxygens (including phenoxy) is 3. The number of aryl methyl sites for hydroxylation is 6. The molecule has 0 spiro atoms. The number of nitrogen functional groups attached to an aromatic ring is 2. The molecule has 0 aliphatic heterocycles. The van der Waals surface area contributed by atoms with Crippen molar-refractivity contribution >= 4 is 111 Å². The van der Waals surface area contributed by atoms with Crippen molar-refractivity contribution in [3.63, 3.8) is 0 Å². The largest absolute Gasteiger partial charge is 1.00 e. The van der Waals surface area contributed by atoms with Gasteiger partial charge in [-0.25, -0.2) is 38.9 Å². The third kappa shape index (κ3) is 29.1. The normalized spacial score (nSPS) is 10.8. The van der Waals surface area contributed by atoms with Gasteiger partial charge in [0.1, 0.15) is 46.4 Å². The van der Waals surface area contributed by atoms with Crippen LogP contribution in [0.1, 0.15) is 190 Å². The Morgan fingerprint density at radius 3 is 1.12 bits per heavy atom. The van der Waals surface area contributed by atoms with Crippen molar-refractivity contribution in [3.05, 3.63) is 347 Å². The molecule has 31 heteroatoms. The number of benzene rings is 12. The number of non-ortho nitro benzene ring substituents is 3. The Hall–Kier alpha value is -15.2. The Kier molecular flexibility index (Phi) is 37.6. The zero-order valence-electron chi connectivity index (χ0n) is 80.6. The number of hydrogen-bond acceptors (Lipinski definition) is 23. The number of aliphatic imine (C=N–C) groups is 1. The third-order valence-corrected chi connectivity index (χ3v) is 21.0. The molecule has 16 rings (SSSR count). The van der Waals surface area contributed by atoms with Crippen molar-refractivity contribution in [3.8, 4) is 40.8 Å². The SMILES string of the molecule is Cc1cc(Oc2ccc(N)c3ccccc23)nc(C(C)C)n1.Cc1cc(Oc2ccc(NC(=O)Nc3cc(C(C)(C)C)ccc3C)c3ccccc23)nc(C(C)C)n1.Cc1cc(Oc2ccc([N+](=O)[O-])c3ccccc23)nc(C(C)C)n1.Cc1cc([O-])nc(C(C)C)n1.Cc1ccc(C(C)(C)C)cc1N=C=O.F.Nc1ccc([N+](=O)[O-])c2ccccc12.O=[N+]([O-])c1ccc(F)c2ccccc12.[3HH].[Na+]. The molecule has 0 saturated carbocycles. The van der Waals surface area contributed by atoms with Gasteiger partial charge in [0.25, 0.3) is 17.1 Å². The number of aromatic nitrogens is 8. The van der Waals surface area contributed by atoms with Crippen molar-refractivity contribution in [2.75, 3.05) is 22.1 Å². The number of nitro groups is 3. The Bertz CT molecular complexity index is 6980. The van der Waals surface area contributed by atoms with Crippen molar-refractivity contribution in [1.29, 1.82) is 0 Å². The molecule has 0 unspecified atom stereocenters. The van der Waals surface area contributed by atoms with Gasteiger partial charge in [0.05, 0.1) is 42.3 Å². The average Bonchev–Trinajstić information content (AvgIpc) is 0.794. The van der Waals surface area contributed by atoms with Crippen molar-refractivity contribution in [1.82, 2.24) is 39.9 Å². The molecule has 16 aromatic rings. The quantitative estimate of drug-likeness (QED) is 0.0174. The Morgan fingerprint density at radius 1 is 0.394 bits per heavy atom. The van der Waals surface area contributed by atoms with Crippen molar-refractivity contribution in [2.45, 2.75) is 173 Å². The monoisotopic (exact) mass is 1860 g/mol. The number of rotatable bonds is 16. The summed E-state index contributed by atoms with van der Waals surface area (Å²) < 4.78 is 31.3. The first-order valence-corrected chi connectivity index (χ1v) is 43.6. The number of amides is 2. The molecule has 0 saturated heterocycles. The maximum Gasteiger partial charge on any atom is 1.00 e. The average molecular weight is 1870 g/mol. The maximum atomic E-state index is 13.2. The number of isocyanates is 1. The van der Waals surface area contributed by atoms with Gasteiger partial charge in [0, 0.05) is 139 Å². The second-order valence-corrected chi connectivity index (χ2v) is 35.1. The van der Waals surface area contributed by atoms with E-state index in [0.29, 0.717) is 79.4 Å². The van der Waals surface area contributed by atoms with Gasteiger partial charge in [0.15, 0.2) is 0 Å². The molecular weight excluding hydrogens is 1750 g/mol. The van der Waals surface area contributed by atoms with Crippen LogP contribution in [0.4, 0.5) is 59.4 Å². The summed E-state index contributed by atoms with van der Waals surface area (Å²) in [4.78, 5) is 92.8. The fourth-order valence-electron chi connectivity index (χ4n) is 13.7. The number of nitrogens with one attached hydrogen (secondary N) is 2. The Labute approximate surface area is 817 Å². The predicted molar refractivity (Wildman–Crippen MR) is 536 cm³/mol. The molecule has 0 aliphatic rings. The Morgan fingerprint density at radius 2 is 0.708 bits per heavy atom. The zero-order chi connectivity index (χ0) is 98.4. The smallest absolute Gasteiger partial charge is 0.859 e. The first-order valence-electron chi connectivity index (χ1n) is 43.6. The summed E-state index contributed by atoms with van der Waals surface area (Å²) in [5.74, 6) is 6.54. The van der Waals surface area contributed by atoms with Crippen LogP contribution < -0.4 is 71.0 Å². The van der Waals surface area contributed by atoms with Crippen LogP contribution in [0, 0.1) is 77.7 Å². The van der Waals surface area contributed by atoms with Crippen molar-refractivity contribution < 1.29 is 83.8 Å². The summed E-state index contributed by atoms with van der Waals surface area (Å²) >= 11 is 0. The molecule has 0 bridgehead atoms. The van der Waals surface area contributed by atoms with Gasteiger partial charge in [-0.3, -0.25) is 35.0 Å². The number of halogens is 2. The topological polar surface area (TPSA) is 406 Å². The van der Waals surface area contributed by atoms with Crippen LogP contribution in [0.15, 0.2) is 248 Å². The van der Waals surface area contributed by atoms with Crippen LogP contribution in [-0.2, 0) is 15.6 Å². The fourth-order valence-corrected chi connectivity index (χ4v) is 13.7. The molecule has 0 aliphatic carbocycles. The number of anilines is 4. The second kappa shape index (κ2) is 48.1. The summed E-state index contributed by atoms with van der Waals surface area (Å²) in [5, 5.41) is 56.2. The molecule has 0 atom stereocenters. The van der Waals surface area contributed by atoms with Crippen LogP contribution in [-0.4, -0.2) is 66.8 Å². The molecule has 4 aromatic heterocycles. The van der Waals surface area contributed by atoms with E-state index in [-0.39, 0.29) is 105 Å². The van der Waals surface area contributed by atoms with Gasteiger partial charge in [-0.2, -0.15) is 19.9 Å². The van der Waals surface area contributed by atoms with E-state index >= 15 is 0 Å². The summed E-state index contributed by atoms with van der Waals surface area (Å²) in [6.07, 6.45) is 1.58. The number of nitro benzene ring substituents is 3. The second-order valence-electron chi connectivity index (χ2n) is 35.1. The van der Waals surface area contributed by atoms with E-state index in [1.165, 1.54) is 42.0 Å². The number of fused-ring (bicyclic) bond motifs is 5. The molecule has 137 heavy (non-hydrogen) atoms. The van der Waals surface area contributed by atoms with Crippen LogP contribution in [0.25, 0.3) is 53.9 Å². The molecule has 6 N–H and O–H groups in total. The number of carbonyl (C=O) groups is 1. The molecule has 704 valence electrons. The zero-order valence-corrected chi connectivity index (χ0v) is 82.6. The predicted octanol–water partition coefficient (Wildman–Crippen LogP) is 24.2. The first kappa shape index (κ1) is 107. The van der Waals surface area contributed by atoms with E-state index in [9.17, 15) is 49.4 Å². The minimum absolute atomic E-state index is 0. The van der Waals surface area contributed by atoms with Crippen LogP contribution in [0.3, 0.4) is 0 Å². The summed E-state index contributed by atoms with van der Waals surface area (Å²) in [7, 11) is 0. The number of nitrogens with two attached hydrogens (primary N) is 2. The number of urea groups is 1.